The van der Waals surface area contributed by atoms with E-state index in [2.05, 4.69) is 30.7 Å². The van der Waals surface area contributed by atoms with Gasteiger partial charge in [0.2, 0.25) is 5.95 Å². The van der Waals surface area contributed by atoms with E-state index < -0.39 is 11.7 Å². The van der Waals surface area contributed by atoms with Gasteiger partial charge < -0.3 is 10.6 Å². The SMILES string of the molecule is Cc1cc(Nc2ncc(Cl)c(Nc3cccc(C(F)(F)F)c3)n2)ncc1-c1cnn(C)c1. The standard InChI is InChI=1S/C21H17ClF3N7/c1-12-6-18(26-9-16(12)13-8-28-32(2)11-13)30-20-27-10-17(22)19(31-20)29-15-5-3-4-14(7-15)21(23,24)25/h3-11H,1-2H3,(H2,26,27,29,30,31). The van der Waals surface area contributed by atoms with E-state index in [0.717, 1.165) is 28.8 Å². The van der Waals surface area contributed by atoms with E-state index in [1.165, 1.54) is 18.3 Å². The molecule has 0 spiro atoms. The van der Waals surface area contributed by atoms with Crippen LogP contribution >= 0.6 is 11.6 Å². The average molecular weight is 460 g/mol. The van der Waals surface area contributed by atoms with Crippen LogP contribution in [0.3, 0.4) is 0 Å². The third-order valence-corrected chi connectivity index (χ3v) is 4.84. The van der Waals surface area contributed by atoms with E-state index in [0.29, 0.717) is 5.82 Å². The minimum Gasteiger partial charge on any atom is -0.339 e. The summed E-state index contributed by atoms with van der Waals surface area (Å²) < 4.78 is 40.6. The summed E-state index contributed by atoms with van der Waals surface area (Å²) in [6, 6.07) is 6.59. The predicted octanol–water partition coefficient (Wildman–Crippen LogP) is 5.74. The fourth-order valence-corrected chi connectivity index (χ4v) is 3.16. The highest BCUT2D eigenvalue weighted by Crippen LogP contribution is 2.32. The van der Waals surface area contributed by atoms with Gasteiger partial charge in [-0.05, 0) is 36.8 Å². The fraction of sp³-hybridized carbons (Fsp3) is 0.143. The smallest absolute Gasteiger partial charge is 0.339 e. The zero-order valence-corrected chi connectivity index (χ0v) is 17.7. The highest BCUT2D eigenvalue weighted by atomic mass is 35.5. The summed E-state index contributed by atoms with van der Waals surface area (Å²) in [6.07, 6.45) is 2.26. The molecule has 7 nitrogen and oxygen atoms in total. The third kappa shape index (κ3) is 4.80. The Hall–Kier alpha value is -3.66. The molecule has 0 aliphatic carbocycles. The Balaban J connectivity index is 1.55. The molecule has 0 unspecified atom stereocenters. The summed E-state index contributed by atoms with van der Waals surface area (Å²) in [4.78, 5) is 12.8. The van der Waals surface area contributed by atoms with Gasteiger partial charge in [0.1, 0.15) is 10.8 Å². The average Bonchev–Trinajstić information content (AvgIpc) is 3.16. The third-order valence-electron chi connectivity index (χ3n) is 4.56. The molecule has 0 radical (unpaired) electrons. The maximum absolute atomic E-state index is 13.0. The van der Waals surface area contributed by atoms with Crippen molar-refractivity contribution in [3.8, 4) is 11.1 Å². The van der Waals surface area contributed by atoms with Gasteiger partial charge in [-0.1, -0.05) is 17.7 Å². The maximum Gasteiger partial charge on any atom is 0.416 e. The quantitative estimate of drug-likeness (QED) is 0.396. The number of aromatic nitrogens is 5. The van der Waals surface area contributed by atoms with Gasteiger partial charge in [-0.15, -0.1) is 0 Å². The summed E-state index contributed by atoms with van der Waals surface area (Å²) in [7, 11) is 1.84. The van der Waals surface area contributed by atoms with Gasteiger partial charge >= 0.3 is 6.18 Å². The molecule has 11 heteroatoms. The normalized spacial score (nSPS) is 11.4. The van der Waals surface area contributed by atoms with Crippen LogP contribution in [0.25, 0.3) is 11.1 Å². The van der Waals surface area contributed by atoms with Crippen LogP contribution in [0.5, 0.6) is 0 Å². The van der Waals surface area contributed by atoms with E-state index in [1.807, 2.05) is 26.2 Å². The van der Waals surface area contributed by atoms with Crippen molar-refractivity contribution in [2.45, 2.75) is 13.1 Å². The molecule has 0 aliphatic heterocycles. The van der Waals surface area contributed by atoms with Gasteiger partial charge in [0.25, 0.3) is 0 Å². The first-order chi connectivity index (χ1) is 15.2. The van der Waals surface area contributed by atoms with Crippen molar-refractivity contribution in [2.75, 3.05) is 10.6 Å². The van der Waals surface area contributed by atoms with Crippen molar-refractivity contribution < 1.29 is 13.2 Å². The topological polar surface area (TPSA) is 80.6 Å². The summed E-state index contributed by atoms with van der Waals surface area (Å²) in [5.74, 6) is 0.847. The molecule has 3 heterocycles. The molecule has 4 aromatic rings. The molecule has 0 aliphatic rings. The molecule has 0 bridgehead atoms. The first-order valence-corrected chi connectivity index (χ1v) is 9.76. The van der Waals surface area contributed by atoms with Gasteiger partial charge in [-0.2, -0.15) is 23.3 Å². The van der Waals surface area contributed by atoms with Gasteiger partial charge in [0.05, 0.1) is 18.0 Å². The number of hydrogen-bond acceptors (Lipinski definition) is 6. The predicted molar refractivity (Wildman–Crippen MR) is 116 cm³/mol. The van der Waals surface area contributed by atoms with Crippen molar-refractivity contribution in [3.63, 3.8) is 0 Å². The van der Waals surface area contributed by atoms with Crippen molar-refractivity contribution >= 4 is 34.9 Å². The number of aryl methyl sites for hydroxylation is 2. The van der Waals surface area contributed by atoms with Crippen molar-refractivity contribution in [2.24, 2.45) is 7.05 Å². The molecule has 3 aromatic heterocycles. The monoisotopic (exact) mass is 459 g/mol. The van der Waals surface area contributed by atoms with Gasteiger partial charge in [-0.25, -0.2) is 9.97 Å². The number of nitrogens with zero attached hydrogens (tertiary/aromatic N) is 5. The molecule has 0 saturated carbocycles. The molecule has 164 valence electrons. The van der Waals surface area contributed by atoms with Crippen molar-refractivity contribution in [1.29, 1.82) is 0 Å². The summed E-state index contributed by atoms with van der Waals surface area (Å²) in [6.45, 7) is 1.94. The molecule has 4 rings (SSSR count). The Morgan fingerprint density at radius 1 is 1.03 bits per heavy atom. The lowest BCUT2D eigenvalue weighted by Gasteiger charge is -2.12. The number of anilines is 4. The molecule has 32 heavy (non-hydrogen) atoms. The van der Waals surface area contributed by atoms with Gasteiger partial charge in [-0.3, -0.25) is 4.68 Å². The summed E-state index contributed by atoms with van der Waals surface area (Å²) >= 11 is 6.13. The lowest BCUT2D eigenvalue weighted by atomic mass is 10.1. The Morgan fingerprint density at radius 2 is 1.84 bits per heavy atom. The van der Waals surface area contributed by atoms with E-state index >= 15 is 0 Å². The van der Waals surface area contributed by atoms with E-state index in [-0.39, 0.29) is 22.5 Å². The number of nitrogens with one attached hydrogen (secondary N) is 2. The maximum atomic E-state index is 13.0. The van der Waals surface area contributed by atoms with Crippen LogP contribution in [-0.2, 0) is 13.2 Å². The highest BCUT2D eigenvalue weighted by Gasteiger charge is 2.30. The zero-order chi connectivity index (χ0) is 22.9. The lowest BCUT2D eigenvalue weighted by Crippen LogP contribution is -2.06. The largest absolute Gasteiger partial charge is 0.416 e. The second kappa shape index (κ2) is 8.46. The number of pyridine rings is 1. The second-order valence-corrected chi connectivity index (χ2v) is 7.41. The molecule has 1 aromatic carbocycles. The molecular formula is C21H17ClF3N7. The Morgan fingerprint density at radius 3 is 2.53 bits per heavy atom. The van der Waals surface area contributed by atoms with Crippen LogP contribution in [0.4, 0.5) is 36.4 Å². The van der Waals surface area contributed by atoms with Crippen LogP contribution in [0, 0.1) is 6.92 Å². The molecular weight excluding hydrogens is 443 g/mol. The fourth-order valence-electron chi connectivity index (χ4n) is 3.03. The van der Waals surface area contributed by atoms with Crippen molar-refractivity contribution in [3.05, 3.63) is 71.3 Å². The number of rotatable bonds is 5. The van der Waals surface area contributed by atoms with Crippen LogP contribution in [0.1, 0.15) is 11.1 Å². The molecule has 0 saturated heterocycles. The summed E-state index contributed by atoms with van der Waals surface area (Å²) in [5, 5.41) is 10.1. The van der Waals surface area contributed by atoms with Crippen molar-refractivity contribution in [1.82, 2.24) is 24.7 Å². The number of halogens is 4. The van der Waals surface area contributed by atoms with E-state index in [9.17, 15) is 13.2 Å². The van der Waals surface area contributed by atoms with Crippen LogP contribution in [0.2, 0.25) is 5.02 Å². The van der Waals surface area contributed by atoms with E-state index in [4.69, 9.17) is 11.6 Å². The minimum atomic E-state index is -4.45. The van der Waals surface area contributed by atoms with Crippen LogP contribution in [-0.4, -0.2) is 24.7 Å². The van der Waals surface area contributed by atoms with Crippen LogP contribution in [0.15, 0.2) is 55.1 Å². The molecule has 0 atom stereocenters. The zero-order valence-electron chi connectivity index (χ0n) is 16.9. The van der Waals surface area contributed by atoms with Gasteiger partial charge in [0.15, 0.2) is 5.82 Å². The second-order valence-electron chi connectivity index (χ2n) is 7.01. The van der Waals surface area contributed by atoms with Gasteiger partial charge in [0, 0.05) is 36.3 Å². The molecule has 0 fully saturated rings. The number of benzene rings is 1. The van der Waals surface area contributed by atoms with Crippen LogP contribution < -0.4 is 10.6 Å². The first-order valence-electron chi connectivity index (χ1n) is 9.38. The van der Waals surface area contributed by atoms with E-state index in [1.54, 1.807) is 17.1 Å². The number of alkyl halides is 3. The summed E-state index contributed by atoms with van der Waals surface area (Å²) in [5.41, 5.74) is 2.26. The highest BCUT2D eigenvalue weighted by molar-refractivity contribution is 6.32. The molecule has 0 amide bonds. The minimum absolute atomic E-state index is 0.157. The Kier molecular flexibility index (Phi) is 5.70. The number of hydrogen-bond donors (Lipinski definition) is 2. The Bertz CT molecular complexity index is 1270. The Labute approximate surface area is 186 Å². The first kappa shape index (κ1) is 21.6. The molecule has 2 N–H and O–H groups in total. The lowest BCUT2D eigenvalue weighted by molar-refractivity contribution is -0.137.